The number of amides is 2. The van der Waals surface area contributed by atoms with Gasteiger partial charge < -0.3 is 15.1 Å². The minimum atomic E-state index is -0.242. The summed E-state index contributed by atoms with van der Waals surface area (Å²) < 4.78 is 13.1. The highest BCUT2D eigenvalue weighted by Crippen LogP contribution is 2.17. The number of aryl methyl sites for hydroxylation is 1. The third-order valence-corrected chi connectivity index (χ3v) is 5.40. The number of anilines is 2. The van der Waals surface area contributed by atoms with Gasteiger partial charge in [-0.2, -0.15) is 0 Å². The first-order valence-electron chi connectivity index (χ1n) is 10.3. The normalized spacial score (nSPS) is 14.4. The predicted octanol–water partition coefficient (Wildman–Crippen LogP) is 2.61. The van der Waals surface area contributed by atoms with Gasteiger partial charge in [0.25, 0.3) is 0 Å². The van der Waals surface area contributed by atoms with Crippen molar-refractivity contribution >= 4 is 23.2 Å². The molecule has 0 spiro atoms. The Balaban J connectivity index is 1.44. The van der Waals surface area contributed by atoms with Crippen LogP contribution in [0.3, 0.4) is 0 Å². The molecule has 1 aliphatic heterocycles. The van der Waals surface area contributed by atoms with Crippen molar-refractivity contribution in [2.45, 2.75) is 13.3 Å². The number of carbonyl (C=O) groups excluding carboxylic acids is 2. The maximum absolute atomic E-state index is 13.1. The standard InChI is InChI=1S/C23H29FN4O2/c1-3-18-6-4-5-7-21(18)25-22(29)16-26(2)23(30)17-27-12-14-28(15-13-27)20-10-8-19(24)9-11-20/h4-11H,3,12-17H2,1-2H3,(H,25,29). The van der Waals surface area contributed by atoms with Crippen molar-refractivity contribution in [1.82, 2.24) is 9.80 Å². The quantitative estimate of drug-likeness (QED) is 0.760. The number of benzene rings is 2. The number of rotatable bonds is 7. The SMILES string of the molecule is CCc1ccccc1NC(=O)CN(C)C(=O)CN1CCN(c2ccc(F)cc2)CC1. The number of para-hydroxylation sites is 1. The number of hydrogen-bond acceptors (Lipinski definition) is 4. The van der Waals surface area contributed by atoms with Crippen LogP contribution < -0.4 is 10.2 Å². The Morgan fingerprint density at radius 2 is 1.70 bits per heavy atom. The van der Waals surface area contributed by atoms with Gasteiger partial charge in [0.2, 0.25) is 11.8 Å². The molecule has 1 saturated heterocycles. The second kappa shape index (κ2) is 10.2. The zero-order valence-corrected chi connectivity index (χ0v) is 17.6. The van der Waals surface area contributed by atoms with Crippen molar-refractivity contribution in [2.75, 3.05) is 56.5 Å². The van der Waals surface area contributed by atoms with Gasteiger partial charge >= 0.3 is 0 Å². The highest BCUT2D eigenvalue weighted by molar-refractivity contribution is 5.95. The van der Waals surface area contributed by atoms with Crippen LogP contribution in [0.2, 0.25) is 0 Å². The molecule has 30 heavy (non-hydrogen) atoms. The molecule has 0 aliphatic carbocycles. The number of likely N-dealkylation sites (N-methyl/N-ethyl adjacent to an activating group) is 1. The van der Waals surface area contributed by atoms with Crippen LogP contribution in [0, 0.1) is 5.82 Å². The lowest BCUT2D eigenvalue weighted by atomic mass is 10.1. The van der Waals surface area contributed by atoms with Gasteiger partial charge in [0, 0.05) is 44.6 Å². The Hall–Kier alpha value is -2.93. The first-order valence-corrected chi connectivity index (χ1v) is 10.3. The van der Waals surface area contributed by atoms with E-state index >= 15 is 0 Å². The molecule has 0 bridgehead atoms. The van der Waals surface area contributed by atoms with Gasteiger partial charge in [-0.1, -0.05) is 25.1 Å². The largest absolute Gasteiger partial charge is 0.369 e. The number of nitrogens with one attached hydrogen (secondary N) is 1. The van der Waals surface area contributed by atoms with Crippen LogP contribution in [-0.4, -0.2) is 67.9 Å². The average Bonchev–Trinajstić information content (AvgIpc) is 2.75. The summed E-state index contributed by atoms with van der Waals surface area (Å²) in [4.78, 5) is 30.7. The van der Waals surface area contributed by atoms with E-state index in [2.05, 4.69) is 15.1 Å². The third-order valence-electron chi connectivity index (χ3n) is 5.40. The van der Waals surface area contributed by atoms with Gasteiger partial charge in [0.05, 0.1) is 13.1 Å². The van der Waals surface area contributed by atoms with Gasteiger partial charge in [0.15, 0.2) is 0 Å². The molecule has 0 unspecified atom stereocenters. The van der Waals surface area contributed by atoms with E-state index in [0.717, 1.165) is 49.5 Å². The molecule has 2 amide bonds. The van der Waals surface area contributed by atoms with Crippen LogP contribution in [-0.2, 0) is 16.0 Å². The molecule has 2 aromatic rings. The first kappa shape index (κ1) is 21.8. The molecule has 1 aliphatic rings. The van der Waals surface area contributed by atoms with E-state index in [9.17, 15) is 14.0 Å². The van der Waals surface area contributed by atoms with Crippen LogP contribution in [0.25, 0.3) is 0 Å². The zero-order valence-electron chi connectivity index (χ0n) is 17.6. The zero-order chi connectivity index (χ0) is 21.5. The van der Waals surface area contributed by atoms with Crippen molar-refractivity contribution in [1.29, 1.82) is 0 Å². The minimum absolute atomic E-state index is 0.0203. The van der Waals surface area contributed by atoms with Crippen LogP contribution in [0.15, 0.2) is 48.5 Å². The molecule has 0 saturated carbocycles. The summed E-state index contributed by atoms with van der Waals surface area (Å²) in [6.45, 7) is 5.38. The second-order valence-corrected chi connectivity index (χ2v) is 7.55. The summed E-state index contributed by atoms with van der Waals surface area (Å²) in [6.07, 6.45) is 0.828. The summed E-state index contributed by atoms with van der Waals surface area (Å²) in [7, 11) is 1.66. The highest BCUT2D eigenvalue weighted by atomic mass is 19.1. The fourth-order valence-electron chi connectivity index (χ4n) is 3.57. The van der Waals surface area contributed by atoms with Gasteiger partial charge in [-0.15, -0.1) is 0 Å². The van der Waals surface area contributed by atoms with Crippen molar-refractivity contribution in [3.63, 3.8) is 0 Å². The summed E-state index contributed by atoms with van der Waals surface area (Å²) in [5, 5.41) is 2.90. The predicted molar refractivity (Wildman–Crippen MR) is 117 cm³/mol. The molecule has 1 heterocycles. The molecular weight excluding hydrogens is 383 g/mol. The number of carbonyl (C=O) groups is 2. The first-order chi connectivity index (χ1) is 14.5. The Bertz CT molecular complexity index is 864. The summed E-state index contributed by atoms with van der Waals surface area (Å²) in [6, 6.07) is 14.2. The molecule has 0 atom stereocenters. The topological polar surface area (TPSA) is 55.9 Å². The smallest absolute Gasteiger partial charge is 0.243 e. The minimum Gasteiger partial charge on any atom is -0.369 e. The molecule has 160 valence electrons. The van der Waals surface area contributed by atoms with Crippen LogP contribution in [0.1, 0.15) is 12.5 Å². The monoisotopic (exact) mass is 412 g/mol. The average molecular weight is 413 g/mol. The van der Waals surface area contributed by atoms with Crippen LogP contribution in [0.4, 0.5) is 15.8 Å². The van der Waals surface area contributed by atoms with Crippen LogP contribution >= 0.6 is 0 Å². The van der Waals surface area contributed by atoms with Crippen molar-refractivity contribution in [3.8, 4) is 0 Å². The van der Waals surface area contributed by atoms with Gasteiger partial charge in [-0.3, -0.25) is 14.5 Å². The molecule has 7 heteroatoms. The van der Waals surface area contributed by atoms with E-state index in [1.54, 1.807) is 19.2 Å². The van der Waals surface area contributed by atoms with Crippen molar-refractivity contribution in [3.05, 3.63) is 59.9 Å². The molecule has 3 rings (SSSR count). The second-order valence-electron chi connectivity index (χ2n) is 7.55. The molecule has 6 nitrogen and oxygen atoms in total. The van der Waals surface area contributed by atoms with E-state index < -0.39 is 0 Å². The lowest BCUT2D eigenvalue weighted by Crippen LogP contribution is -2.50. The van der Waals surface area contributed by atoms with E-state index in [4.69, 9.17) is 0 Å². The highest BCUT2D eigenvalue weighted by Gasteiger charge is 2.21. The molecular formula is C23H29FN4O2. The summed E-state index contributed by atoms with van der Waals surface area (Å²) >= 11 is 0. The van der Waals surface area contributed by atoms with Crippen molar-refractivity contribution < 1.29 is 14.0 Å². The lowest BCUT2D eigenvalue weighted by Gasteiger charge is -2.36. The maximum atomic E-state index is 13.1. The molecule has 1 N–H and O–H groups in total. The molecule has 1 fully saturated rings. The Kier molecular flexibility index (Phi) is 7.41. The van der Waals surface area contributed by atoms with E-state index in [0.29, 0.717) is 0 Å². The molecule has 0 aromatic heterocycles. The third kappa shape index (κ3) is 5.79. The van der Waals surface area contributed by atoms with Gasteiger partial charge in [-0.05, 0) is 42.3 Å². The number of nitrogens with zero attached hydrogens (tertiary/aromatic N) is 3. The number of hydrogen-bond donors (Lipinski definition) is 1. The van der Waals surface area contributed by atoms with Gasteiger partial charge in [-0.25, -0.2) is 4.39 Å². The van der Waals surface area contributed by atoms with Crippen LogP contribution in [0.5, 0.6) is 0 Å². The Morgan fingerprint density at radius 1 is 1.03 bits per heavy atom. The lowest BCUT2D eigenvalue weighted by molar-refractivity contribution is -0.134. The number of piperazine rings is 1. The summed E-state index contributed by atoms with van der Waals surface area (Å²) in [5.41, 5.74) is 2.85. The number of halogens is 1. The van der Waals surface area contributed by atoms with Gasteiger partial charge in [0.1, 0.15) is 5.82 Å². The van der Waals surface area contributed by atoms with E-state index in [-0.39, 0.29) is 30.7 Å². The maximum Gasteiger partial charge on any atom is 0.243 e. The van der Waals surface area contributed by atoms with E-state index in [1.807, 2.05) is 31.2 Å². The fourth-order valence-corrected chi connectivity index (χ4v) is 3.57. The fraction of sp³-hybridized carbons (Fsp3) is 0.391. The van der Waals surface area contributed by atoms with E-state index in [1.165, 1.54) is 17.0 Å². The Labute approximate surface area is 177 Å². The Morgan fingerprint density at radius 3 is 2.37 bits per heavy atom. The summed E-state index contributed by atoms with van der Waals surface area (Å²) in [5.74, 6) is -0.523. The molecule has 0 radical (unpaired) electrons. The molecule has 2 aromatic carbocycles. The van der Waals surface area contributed by atoms with Crippen molar-refractivity contribution in [2.24, 2.45) is 0 Å².